The molecule has 2 fully saturated rings. The van der Waals surface area contributed by atoms with E-state index in [1.807, 2.05) is 36.4 Å². The van der Waals surface area contributed by atoms with Crippen molar-refractivity contribution in [3.8, 4) is 5.75 Å². The maximum absolute atomic E-state index is 16.5. The maximum atomic E-state index is 16.5. The number of carbonyl (C=O) groups excluding carboxylic acids is 2. The molecule has 0 heterocycles. The number of hydrogen-bond acceptors (Lipinski definition) is 4. The first-order valence-corrected chi connectivity index (χ1v) is 10.8. The van der Waals surface area contributed by atoms with E-state index in [1.165, 1.54) is 7.11 Å². The van der Waals surface area contributed by atoms with Gasteiger partial charge in [-0.2, -0.15) is 0 Å². The fraction of sp³-hybridized carbons (Fsp3) is 0.360. The minimum atomic E-state index is -2.49. The minimum absolute atomic E-state index is 0.0166. The van der Waals surface area contributed by atoms with Gasteiger partial charge in [-0.25, -0.2) is 18.0 Å². The largest absolute Gasteiger partial charge is 0.496 e. The van der Waals surface area contributed by atoms with Gasteiger partial charge in [-0.3, -0.25) is 4.79 Å². The normalized spacial score (nSPS) is 26.9. The third-order valence-electron chi connectivity index (χ3n) is 6.45. The molecule has 2 saturated carbocycles. The van der Waals surface area contributed by atoms with Crippen LogP contribution >= 0.6 is 0 Å². The number of benzene rings is 2. The van der Waals surface area contributed by atoms with Gasteiger partial charge in [-0.05, 0) is 31.4 Å². The molecule has 1 amide bonds. The van der Waals surface area contributed by atoms with Crippen molar-refractivity contribution >= 4 is 18.0 Å². The number of fused-ring (bicyclic) bond motifs is 2. The zero-order chi connectivity index (χ0) is 23.8. The van der Waals surface area contributed by atoms with Gasteiger partial charge in [-0.15, -0.1) is 0 Å². The zero-order valence-corrected chi connectivity index (χ0v) is 18.2. The van der Waals surface area contributed by atoms with Crippen molar-refractivity contribution in [3.05, 3.63) is 70.8 Å². The minimum Gasteiger partial charge on any atom is -0.496 e. The van der Waals surface area contributed by atoms with Gasteiger partial charge in [0.05, 0.1) is 25.3 Å². The number of nitrogens with one attached hydrogen (secondary N) is 1. The molecule has 4 atom stereocenters. The molecule has 0 aromatic heterocycles. The monoisotopic (exact) mass is 459 g/mol. The summed E-state index contributed by atoms with van der Waals surface area (Å²) in [6, 6.07) is 9.53. The Bertz CT molecular complexity index is 1100. The van der Waals surface area contributed by atoms with Crippen LogP contribution in [0.5, 0.6) is 5.75 Å². The first kappa shape index (κ1) is 22.9. The van der Waals surface area contributed by atoms with E-state index in [2.05, 4.69) is 5.32 Å². The average Bonchev–Trinajstić information content (AvgIpc) is 3.30. The molecular formula is C25H24F3NO4. The molecule has 4 rings (SSSR count). The molecule has 0 radical (unpaired) electrons. The molecule has 2 aromatic carbocycles. The van der Waals surface area contributed by atoms with Gasteiger partial charge in [0, 0.05) is 17.9 Å². The Balaban J connectivity index is 1.73. The number of halogens is 3. The van der Waals surface area contributed by atoms with Crippen molar-refractivity contribution in [1.82, 2.24) is 5.32 Å². The summed E-state index contributed by atoms with van der Waals surface area (Å²) in [4.78, 5) is 25.8. The lowest BCUT2D eigenvalue weighted by atomic mass is 9.81. The van der Waals surface area contributed by atoms with Gasteiger partial charge in [0.15, 0.2) is 11.6 Å². The fourth-order valence-electron chi connectivity index (χ4n) is 5.02. The van der Waals surface area contributed by atoms with Gasteiger partial charge in [0.2, 0.25) is 5.67 Å². The summed E-state index contributed by atoms with van der Waals surface area (Å²) in [5, 5.41) is 2.57. The summed E-state index contributed by atoms with van der Waals surface area (Å²) in [6.45, 7) is 1.56. The molecule has 2 aliphatic rings. The van der Waals surface area contributed by atoms with E-state index >= 15 is 4.39 Å². The lowest BCUT2D eigenvalue weighted by Gasteiger charge is -2.35. The second-order valence-electron chi connectivity index (χ2n) is 8.20. The number of esters is 1. The summed E-state index contributed by atoms with van der Waals surface area (Å²) >= 11 is 0. The van der Waals surface area contributed by atoms with E-state index in [-0.39, 0.29) is 17.9 Å². The van der Waals surface area contributed by atoms with Crippen LogP contribution in [0.3, 0.4) is 0 Å². The molecular weight excluding hydrogens is 435 g/mol. The van der Waals surface area contributed by atoms with Gasteiger partial charge >= 0.3 is 5.97 Å². The number of rotatable bonds is 6. The number of alkyl halides is 1. The van der Waals surface area contributed by atoms with Crippen molar-refractivity contribution in [2.24, 2.45) is 11.8 Å². The molecule has 33 heavy (non-hydrogen) atoms. The fourth-order valence-corrected chi connectivity index (χ4v) is 5.02. The summed E-state index contributed by atoms with van der Waals surface area (Å²) in [6.07, 6.45) is 2.84. The first-order valence-electron chi connectivity index (χ1n) is 10.8. The van der Waals surface area contributed by atoms with Crippen LogP contribution in [0.1, 0.15) is 35.7 Å². The van der Waals surface area contributed by atoms with Crippen molar-refractivity contribution < 1.29 is 32.2 Å². The maximum Gasteiger partial charge on any atom is 0.346 e. The molecule has 0 aliphatic heterocycles. The zero-order valence-electron chi connectivity index (χ0n) is 18.2. The highest BCUT2D eigenvalue weighted by molar-refractivity contribution is 5.98. The number of carbonyl (C=O) groups is 2. The van der Waals surface area contributed by atoms with Crippen LogP contribution in [-0.4, -0.2) is 37.3 Å². The second-order valence-corrected chi connectivity index (χ2v) is 8.20. The van der Waals surface area contributed by atoms with E-state index in [0.29, 0.717) is 18.9 Å². The predicted molar refractivity (Wildman–Crippen MR) is 115 cm³/mol. The Labute approximate surface area is 189 Å². The molecule has 2 aliphatic carbocycles. The molecule has 2 bridgehead atoms. The molecule has 8 heteroatoms. The highest BCUT2D eigenvalue weighted by Gasteiger charge is 2.67. The second kappa shape index (κ2) is 8.92. The highest BCUT2D eigenvalue weighted by atomic mass is 19.2. The van der Waals surface area contributed by atoms with Crippen molar-refractivity contribution in [2.75, 3.05) is 13.7 Å². The molecule has 1 N–H and O–H groups in total. The van der Waals surface area contributed by atoms with Gasteiger partial charge in [0.25, 0.3) is 5.91 Å². The highest BCUT2D eigenvalue weighted by Crippen LogP contribution is 2.57. The Hall–Kier alpha value is -3.29. The van der Waals surface area contributed by atoms with Crippen molar-refractivity contribution in [2.45, 2.75) is 31.5 Å². The van der Waals surface area contributed by atoms with Gasteiger partial charge < -0.3 is 14.8 Å². The average molecular weight is 459 g/mol. The van der Waals surface area contributed by atoms with Gasteiger partial charge in [0.1, 0.15) is 5.75 Å². The lowest BCUT2D eigenvalue weighted by Crippen LogP contribution is -2.58. The lowest BCUT2D eigenvalue weighted by molar-refractivity contribution is -0.162. The van der Waals surface area contributed by atoms with Crippen LogP contribution in [0.15, 0.2) is 48.0 Å². The van der Waals surface area contributed by atoms with Crippen LogP contribution in [0.4, 0.5) is 13.2 Å². The number of methoxy groups -OCH3 is 1. The van der Waals surface area contributed by atoms with Crippen LogP contribution in [0, 0.1) is 23.5 Å². The number of ether oxygens (including phenoxy) is 2. The number of amides is 1. The number of hydrogen-bond donors (Lipinski definition) is 1. The topological polar surface area (TPSA) is 64.6 Å². The Morgan fingerprint density at radius 1 is 1.15 bits per heavy atom. The predicted octanol–water partition coefficient (Wildman–Crippen LogP) is 4.47. The smallest absolute Gasteiger partial charge is 0.346 e. The van der Waals surface area contributed by atoms with Crippen molar-refractivity contribution in [3.63, 3.8) is 0 Å². The molecule has 5 nitrogen and oxygen atoms in total. The van der Waals surface area contributed by atoms with E-state index in [9.17, 15) is 18.4 Å². The van der Waals surface area contributed by atoms with Crippen LogP contribution in [0.2, 0.25) is 0 Å². The standard InChI is InChI=1S/C25H24F3NO4/c1-3-33-24(31)25(28)18-10-9-15(16(18)11-14-7-5-4-6-8-14)22(25)29-23(30)17-12-19(26)20(27)13-21(17)32-2/h4-8,11-13,15,18,22H,3,9-10H2,1-2H3,(H,29,30)/b16-11+/t15?,18?,22-,25-/m1/s1. The third kappa shape index (κ3) is 3.87. The summed E-state index contributed by atoms with van der Waals surface area (Å²) in [5.41, 5.74) is -1.20. The van der Waals surface area contributed by atoms with Gasteiger partial charge in [-0.1, -0.05) is 42.0 Å². The SMILES string of the molecule is CCOC(=O)[C@@]1(F)C2CCC(/C2=C\c2ccccc2)[C@H]1NC(=O)c1cc(F)c(F)cc1OC. The van der Waals surface area contributed by atoms with E-state index < -0.39 is 47.1 Å². The third-order valence-corrected chi connectivity index (χ3v) is 6.45. The van der Waals surface area contributed by atoms with E-state index in [4.69, 9.17) is 9.47 Å². The van der Waals surface area contributed by atoms with Crippen LogP contribution in [-0.2, 0) is 9.53 Å². The van der Waals surface area contributed by atoms with Crippen LogP contribution < -0.4 is 10.1 Å². The Morgan fingerprint density at radius 3 is 2.52 bits per heavy atom. The molecule has 0 spiro atoms. The van der Waals surface area contributed by atoms with E-state index in [0.717, 1.165) is 17.2 Å². The summed E-state index contributed by atoms with van der Waals surface area (Å²) in [7, 11) is 1.21. The molecule has 2 unspecified atom stereocenters. The molecule has 174 valence electrons. The molecule has 0 saturated heterocycles. The molecule has 2 aromatic rings. The van der Waals surface area contributed by atoms with E-state index in [1.54, 1.807) is 6.92 Å². The van der Waals surface area contributed by atoms with Crippen LogP contribution in [0.25, 0.3) is 6.08 Å². The summed E-state index contributed by atoms with van der Waals surface area (Å²) < 4.78 is 54.0. The van der Waals surface area contributed by atoms with Crippen molar-refractivity contribution in [1.29, 1.82) is 0 Å². The first-order chi connectivity index (χ1) is 15.8. The summed E-state index contributed by atoms with van der Waals surface area (Å²) in [5.74, 6) is -5.75. The Kier molecular flexibility index (Phi) is 6.19. The Morgan fingerprint density at radius 2 is 1.85 bits per heavy atom. The quantitative estimate of drug-likeness (QED) is 0.648.